The molecule has 0 radical (unpaired) electrons. The highest BCUT2D eigenvalue weighted by molar-refractivity contribution is 7.91. The van der Waals surface area contributed by atoms with Crippen LogP contribution in [0.5, 0.6) is 5.75 Å². The van der Waals surface area contributed by atoms with E-state index in [1.807, 2.05) is 0 Å². The summed E-state index contributed by atoms with van der Waals surface area (Å²) in [7, 11) is -2.19. The number of aliphatic hydroxyl groups is 1. The first-order valence-electron chi connectivity index (χ1n) is 10.5. The van der Waals surface area contributed by atoms with Crippen molar-refractivity contribution in [3.8, 4) is 5.75 Å². The number of aliphatic hydroxyl groups excluding tert-OH is 1. The van der Waals surface area contributed by atoms with E-state index in [4.69, 9.17) is 9.47 Å². The maximum Gasteiger partial charge on any atom is 0.355 e. The molecule has 0 bridgehead atoms. The molecule has 9 heteroatoms. The summed E-state index contributed by atoms with van der Waals surface area (Å²) >= 11 is 0. The minimum Gasteiger partial charge on any atom is -0.497 e. The van der Waals surface area contributed by atoms with E-state index in [0.29, 0.717) is 11.3 Å². The summed E-state index contributed by atoms with van der Waals surface area (Å²) in [5.74, 6) is -1.58. The van der Waals surface area contributed by atoms with Crippen molar-refractivity contribution in [1.82, 2.24) is 4.90 Å². The highest BCUT2D eigenvalue weighted by Gasteiger charge is 2.57. The lowest BCUT2D eigenvalue weighted by atomic mass is 9.83. The molecule has 2 aliphatic rings. The summed E-state index contributed by atoms with van der Waals surface area (Å²) < 4.78 is 36.5. The van der Waals surface area contributed by atoms with Gasteiger partial charge >= 0.3 is 5.97 Å². The van der Waals surface area contributed by atoms with Gasteiger partial charge in [-0.3, -0.25) is 4.79 Å². The number of hydrogen-bond donors (Lipinski definition) is 1. The predicted molar refractivity (Wildman–Crippen MR) is 119 cm³/mol. The van der Waals surface area contributed by atoms with Crippen LogP contribution in [0.1, 0.15) is 18.9 Å². The molecule has 1 fully saturated rings. The van der Waals surface area contributed by atoms with Gasteiger partial charge in [-0.1, -0.05) is 30.3 Å². The fourth-order valence-electron chi connectivity index (χ4n) is 4.36. The second kappa shape index (κ2) is 8.99. The van der Waals surface area contributed by atoms with E-state index in [9.17, 15) is 23.1 Å². The summed E-state index contributed by atoms with van der Waals surface area (Å²) in [6, 6.07) is 14.5. The van der Waals surface area contributed by atoms with E-state index in [0.717, 1.165) is 5.56 Å². The molecule has 2 aromatic rings. The summed E-state index contributed by atoms with van der Waals surface area (Å²) in [6.45, 7) is 1.47. The van der Waals surface area contributed by atoms with E-state index in [1.54, 1.807) is 49.6 Å². The van der Waals surface area contributed by atoms with Crippen molar-refractivity contribution in [3.05, 3.63) is 71.4 Å². The monoisotopic (exact) mass is 471 g/mol. The summed E-state index contributed by atoms with van der Waals surface area (Å²) in [5, 5.41) is 10.00. The van der Waals surface area contributed by atoms with Gasteiger partial charge in [-0.25, -0.2) is 13.2 Å². The minimum absolute atomic E-state index is 0.0325. The van der Waals surface area contributed by atoms with Gasteiger partial charge in [-0.15, -0.1) is 0 Å². The molecule has 3 atom stereocenters. The number of β-lactam (4-membered cyclic amide) rings is 1. The fourth-order valence-corrected chi connectivity index (χ4v) is 5.81. The number of ether oxygens (including phenoxy) is 2. The van der Waals surface area contributed by atoms with Gasteiger partial charge in [-0.05, 0) is 48.7 Å². The van der Waals surface area contributed by atoms with Gasteiger partial charge < -0.3 is 19.5 Å². The first kappa shape index (κ1) is 23.0. The number of sulfone groups is 1. The number of esters is 1. The molecule has 174 valence electrons. The van der Waals surface area contributed by atoms with Crippen LogP contribution in [0.3, 0.4) is 0 Å². The highest BCUT2D eigenvalue weighted by Crippen LogP contribution is 2.44. The Morgan fingerprint density at radius 1 is 1.15 bits per heavy atom. The lowest BCUT2D eigenvalue weighted by Gasteiger charge is -2.44. The first-order chi connectivity index (χ1) is 15.7. The van der Waals surface area contributed by atoms with E-state index >= 15 is 0 Å². The van der Waals surface area contributed by atoms with Crippen molar-refractivity contribution in [2.75, 3.05) is 12.9 Å². The summed E-state index contributed by atoms with van der Waals surface area (Å²) in [5.41, 5.74) is 1.00. The Bertz CT molecular complexity index is 1190. The molecule has 2 aromatic carbocycles. The topological polar surface area (TPSA) is 110 Å². The molecule has 2 aliphatic heterocycles. The Kier molecular flexibility index (Phi) is 6.27. The fraction of sp³-hybridized carbons (Fsp3) is 0.333. The van der Waals surface area contributed by atoms with E-state index in [1.165, 1.54) is 24.0 Å². The lowest BCUT2D eigenvalue weighted by Crippen LogP contribution is -2.61. The van der Waals surface area contributed by atoms with Crippen LogP contribution >= 0.6 is 0 Å². The first-order valence-corrected chi connectivity index (χ1v) is 12.2. The lowest BCUT2D eigenvalue weighted by molar-refractivity contribution is -0.162. The zero-order valence-electron chi connectivity index (χ0n) is 18.3. The second-order valence-corrected chi connectivity index (χ2v) is 10.2. The third-order valence-electron chi connectivity index (χ3n) is 6.01. The minimum atomic E-state index is -3.74. The average Bonchev–Trinajstić information content (AvgIpc) is 3.11. The van der Waals surface area contributed by atoms with E-state index < -0.39 is 45.5 Å². The second-order valence-electron chi connectivity index (χ2n) is 8.19. The number of carbonyl (C=O) groups is 2. The standard InChI is InChI=1S/C24H25NO7S/c1-15(26)21-20-12-17(14-33(29,30)19-6-4-3-5-7-19)22(25(20)23(21)27)24(28)32-13-16-8-10-18(31-2)11-9-16/h3-11,15,20-21,26H,12-14H2,1-2H3/t15-,20+,21+/m1/s1. The number of nitrogens with zero attached hydrogens (tertiary/aromatic N) is 1. The molecule has 2 heterocycles. The van der Waals surface area contributed by atoms with Crippen LogP contribution in [-0.2, 0) is 30.8 Å². The quantitative estimate of drug-likeness (QED) is 0.464. The Morgan fingerprint density at radius 3 is 2.42 bits per heavy atom. The summed E-state index contributed by atoms with van der Waals surface area (Å²) in [6.07, 6.45) is -0.708. The molecule has 0 saturated carbocycles. The zero-order valence-corrected chi connectivity index (χ0v) is 19.1. The summed E-state index contributed by atoms with van der Waals surface area (Å²) in [4.78, 5) is 27.1. The zero-order chi connectivity index (χ0) is 23.8. The molecule has 0 spiro atoms. The Labute approximate surface area is 192 Å². The molecule has 4 rings (SSSR count). The van der Waals surface area contributed by atoms with Crippen LogP contribution in [0.2, 0.25) is 0 Å². The van der Waals surface area contributed by atoms with Crippen molar-refractivity contribution in [2.45, 2.75) is 37.0 Å². The maximum absolute atomic E-state index is 13.0. The van der Waals surface area contributed by atoms with Crippen LogP contribution in [0.4, 0.5) is 0 Å². The number of benzene rings is 2. The SMILES string of the molecule is COc1ccc(COC(=O)C2=C(CS(=O)(=O)c3ccccc3)C[C@H]3[C@H]([C@@H](C)O)C(=O)N23)cc1. The molecule has 33 heavy (non-hydrogen) atoms. The van der Waals surface area contributed by atoms with Crippen molar-refractivity contribution in [3.63, 3.8) is 0 Å². The largest absolute Gasteiger partial charge is 0.497 e. The molecule has 0 aromatic heterocycles. The van der Waals surface area contributed by atoms with Crippen LogP contribution < -0.4 is 4.74 Å². The Hall–Kier alpha value is -3.17. The van der Waals surface area contributed by atoms with Gasteiger partial charge in [-0.2, -0.15) is 0 Å². The molecule has 1 amide bonds. The van der Waals surface area contributed by atoms with Crippen LogP contribution in [0.15, 0.2) is 70.8 Å². The highest BCUT2D eigenvalue weighted by atomic mass is 32.2. The van der Waals surface area contributed by atoms with Gasteiger partial charge in [0.05, 0.1) is 35.8 Å². The van der Waals surface area contributed by atoms with Crippen molar-refractivity contribution >= 4 is 21.7 Å². The van der Waals surface area contributed by atoms with Crippen LogP contribution in [0, 0.1) is 5.92 Å². The third kappa shape index (κ3) is 4.38. The Morgan fingerprint density at radius 2 is 1.82 bits per heavy atom. The van der Waals surface area contributed by atoms with Crippen molar-refractivity contribution < 1.29 is 32.6 Å². The van der Waals surface area contributed by atoms with E-state index in [-0.39, 0.29) is 23.6 Å². The number of methoxy groups -OCH3 is 1. The van der Waals surface area contributed by atoms with E-state index in [2.05, 4.69) is 0 Å². The molecule has 1 N–H and O–H groups in total. The van der Waals surface area contributed by atoms with Crippen LogP contribution in [0.25, 0.3) is 0 Å². The van der Waals surface area contributed by atoms with Crippen molar-refractivity contribution in [1.29, 1.82) is 0 Å². The molecule has 8 nitrogen and oxygen atoms in total. The molecular weight excluding hydrogens is 446 g/mol. The number of carbonyl (C=O) groups excluding carboxylic acids is 2. The van der Waals surface area contributed by atoms with Gasteiger partial charge in [0.1, 0.15) is 18.1 Å². The average molecular weight is 472 g/mol. The molecule has 0 aliphatic carbocycles. The number of fused-ring (bicyclic) bond motifs is 1. The number of hydrogen-bond acceptors (Lipinski definition) is 7. The normalized spacial score (nSPS) is 20.8. The number of amides is 1. The van der Waals surface area contributed by atoms with Gasteiger partial charge in [0.15, 0.2) is 9.84 Å². The Balaban J connectivity index is 1.59. The number of rotatable bonds is 8. The molecule has 0 unspecified atom stereocenters. The van der Waals surface area contributed by atoms with Gasteiger partial charge in [0.25, 0.3) is 0 Å². The molecular formula is C24H25NO7S. The predicted octanol–water partition coefficient (Wildman–Crippen LogP) is 2.08. The van der Waals surface area contributed by atoms with Crippen molar-refractivity contribution in [2.24, 2.45) is 5.92 Å². The maximum atomic E-state index is 13.0. The smallest absolute Gasteiger partial charge is 0.355 e. The molecule has 1 saturated heterocycles. The van der Waals surface area contributed by atoms with Gasteiger partial charge in [0, 0.05) is 0 Å². The van der Waals surface area contributed by atoms with Crippen LogP contribution in [-0.4, -0.2) is 55.3 Å². The third-order valence-corrected chi connectivity index (χ3v) is 7.73. The van der Waals surface area contributed by atoms with Gasteiger partial charge in [0.2, 0.25) is 5.91 Å².